The average molecular weight is 262 g/mol. The van der Waals surface area contributed by atoms with Gasteiger partial charge >= 0.3 is 10.5 Å². The van der Waals surface area contributed by atoms with Gasteiger partial charge in [-0.15, -0.1) is 0 Å². The molecule has 1 heterocycles. The van der Waals surface area contributed by atoms with Gasteiger partial charge in [0.1, 0.15) is 11.5 Å². The summed E-state index contributed by atoms with van der Waals surface area (Å²) >= 11 is 9.79. The van der Waals surface area contributed by atoms with Crippen LogP contribution in [-0.2, 0) is 4.74 Å². The molecule has 0 saturated heterocycles. The summed E-state index contributed by atoms with van der Waals surface area (Å²) in [5.41, 5.74) is 0. The van der Waals surface area contributed by atoms with E-state index in [9.17, 15) is 0 Å². The maximum absolute atomic E-state index is 5.42. The molecule has 0 amide bonds. The van der Waals surface area contributed by atoms with Crippen LogP contribution in [0.3, 0.4) is 0 Å². The highest BCUT2D eigenvalue weighted by atomic mass is 32.1. The van der Waals surface area contributed by atoms with E-state index in [1.165, 1.54) is 0 Å². The number of thiocarbonyl (C=S) groups is 2. The molecule has 84 valence electrons. The van der Waals surface area contributed by atoms with Crippen molar-refractivity contribution in [2.24, 2.45) is 0 Å². The van der Waals surface area contributed by atoms with Crippen molar-refractivity contribution in [1.29, 1.82) is 0 Å². The van der Waals surface area contributed by atoms with Crippen LogP contribution in [0.2, 0.25) is 0 Å². The molecule has 5 heteroatoms. The molecule has 1 aliphatic rings. The topological polar surface area (TPSA) is 27.7 Å². The summed E-state index contributed by atoms with van der Waals surface area (Å²) in [5.74, 6) is 1.20. The van der Waals surface area contributed by atoms with E-state index >= 15 is 0 Å². The van der Waals surface area contributed by atoms with Gasteiger partial charge in [-0.25, -0.2) is 0 Å². The first-order valence-electron chi connectivity index (χ1n) is 4.87. The van der Waals surface area contributed by atoms with Crippen LogP contribution in [0.15, 0.2) is 36.4 Å². The van der Waals surface area contributed by atoms with E-state index in [-0.39, 0.29) is 10.5 Å². The molecule has 2 aromatic carbocycles. The molecule has 0 aromatic heterocycles. The molecule has 0 radical (unpaired) electrons. The van der Waals surface area contributed by atoms with Crippen molar-refractivity contribution in [3.63, 3.8) is 0 Å². The lowest BCUT2D eigenvalue weighted by Crippen LogP contribution is -2.21. The molecule has 3 rings (SSSR count). The lowest BCUT2D eigenvalue weighted by atomic mass is 10.1. The fraction of sp³-hybridized carbons (Fsp3) is 0. The Morgan fingerprint density at radius 2 is 1.24 bits per heavy atom. The third kappa shape index (κ3) is 1.83. The van der Waals surface area contributed by atoms with Crippen molar-refractivity contribution in [3.8, 4) is 11.5 Å². The van der Waals surface area contributed by atoms with Gasteiger partial charge in [0, 0.05) is 24.4 Å². The SMILES string of the molecule is S=C1OC(=S)Oc2cccc3cccc(c23)O1. The monoisotopic (exact) mass is 262 g/mol. The highest BCUT2D eigenvalue weighted by molar-refractivity contribution is 7.81. The number of rotatable bonds is 0. The summed E-state index contributed by atoms with van der Waals surface area (Å²) < 4.78 is 15.8. The molecule has 1 aliphatic heterocycles. The molecule has 17 heavy (non-hydrogen) atoms. The van der Waals surface area contributed by atoms with E-state index in [4.69, 9.17) is 38.6 Å². The Morgan fingerprint density at radius 3 is 1.76 bits per heavy atom. The number of benzene rings is 2. The first kappa shape index (κ1) is 10.4. The Morgan fingerprint density at radius 1 is 0.706 bits per heavy atom. The highest BCUT2D eigenvalue weighted by Gasteiger charge is 2.17. The minimum Gasteiger partial charge on any atom is -0.417 e. The van der Waals surface area contributed by atoms with Crippen LogP contribution in [0.4, 0.5) is 0 Å². The quantitative estimate of drug-likeness (QED) is 0.680. The Balaban J connectivity index is 2.33. The van der Waals surface area contributed by atoms with Crippen molar-refractivity contribution < 1.29 is 14.2 Å². The zero-order valence-corrected chi connectivity index (χ0v) is 10.1. The van der Waals surface area contributed by atoms with Crippen LogP contribution < -0.4 is 9.47 Å². The van der Waals surface area contributed by atoms with Crippen molar-refractivity contribution in [2.75, 3.05) is 0 Å². The Kier molecular flexibility index (Phi) is 2.42. The lowest BCUT2D eigenvalue weighted by Gasteiger charge is -2.17. The zero-order chi connectivity index (χ0) is 11.8. The Bertz CT molecular complexity index is 586. The van der Waals surface area contributed by atoms with Gasteiger partial charge in [-0.05, 0) is 17.5 Å². The predicted octanol–water partition coefficient (Wildman–Crippen LogP) is 3.20. The number of hydrogen-bond donors (Lipinski definition) is 0. The van der Waals surface area contributed by atoms with Crippen LogP contribution in [-0.4, -0.2) is 10.5 Å². The second-order valence-corrected chi connectivity index (χ2v) is 4.08. The molecule has 3 nitrogen and oxygen atoms in total. The summed E-state index contributed by atoms with van der Waals surface area (Å²) in [5, 5.41) is 1.71. The minimum absolute atomic E-state index is 0.0583. The van der Waals surface area contributed by atoms with E-state index in [0.29, 0.717) is 11.5 Å². The fourth-order valence-corrected chi connectivity index (χ4v) is 2.12. The van der Waals surface area contributed by atoms with E-state index in [0.717, 1.165) is 10.8 Å². The van der Waals surface area contributed by atoms with Crippen LogP contribution in [0.5, 0.6) is 11.5 Å². The van der Waals surface area contributed by atoms with Crippen LogP contribution in [0, 0.1) is 0 Å². The molecule has 0 saturated carbocycles. The minimum atomic E-state index is -0.0583. The Hall–Kier alpha value is -1.72. The zero-order valence-electron chi connectivity index (χ0n) is 8.51. The Labute approximate surface area is 108 Å². The molecule has 0 aliphatic carbocycles. The summed E-state index contributed by atoms with van der Waals surface area (Å²) in [6, 6.07) is 11.3. The van der Waals surface area contributed by atoms with Crippen molar-refractivity contribution in [2.45, 2.75) is 0 Å². The average Bonchev–Trinajstić information content (AvgIpc) is 2.27. The first-order chi connectivity index (χ1) is 8.24. The normalized spacial score (nSPS) is 14.4. The van der Waals surface area contributed by atoms with Crippen LogP contribution in [0.25, 0.3) is 10.8 Å². The molecular formula is C12H6O3S2. The highest BCUT2D eigenvalue weighted by Crippen LogP contribution is 2.35. The van der Waals surface area contributed by atoms with Gasteiger partial charge in [-0.1, -0.05) is 24.3 Å². The molecule has 0 fully saturated rings. The number of ether oxygens (including phenoxy) is 3. The van der Waals surface area contributed by atoms with Crippen LogP contribution in [0.1, 0.15) is 0 Å². The van der Waals surface area contributed by atoms with Crippen LogP contribution >= 0.6 is 24.4 Å². The van der Waals surface area contributed by atoms with Gasteiger partial charge in [-0.2, -0.15) is 0 Å². The van der Waals surface area contributed by atoms with E-state index in [2.05, 4.69) is 0 Å². The van der Waals surface area contributed by atoms with Gasteiger partial charge in [0.15, 0.2) is 0 Å². The molecule has 0 unspecified atom stereocenters. The number of hydrogen-bond acceptors (Lipinski definition) is 5. The largest absolute Gasteiger partial charge is 0.417 e. The maximum atomic E-state index is 5.42. The lowest BCUT2D eigenvalue weighted by molar-refractivity contribution is 0.331. The van der Waals surface area contributed by atoms with E-state index in [1.807, 2.05) is 24.3 Å². The molecule has 2 aromatic rings. The third-order valence-corrected chi connectivity index (χ3v) is 2.71. The second kappa shape index (κ2) is 3.94. The van der Waals surface area contributed by atoms with Gasteiger partial charge in [-0.3, -0.25) is 0 Å². The van der Waals surface area contributed by atoms with Gasteiger partial charge in [0.25, 0.3) is 0 Å². The van der Waals surface area contributed by atoms with Crippen molar-refractivity contribution in [1.82, 2.24) is 0 Å². The third-order valence-electron chi connectivity index (χ3n) is 2.38. The second-order valence-electron chi connectivity index (χ2n) is 3.42. The van der Waals surface area contributed by atoms with Gasteiger partial charge < -0.3 is 14.2 Å². The van der Waals surface area contributed by atoms with Gasteiger partial charge in [0.05, 0.1) is 5.39 Å². The summed E-state index contributed by atoms with van der Waals surface area (Å²) in [4.78, 5) is 0. The fourth-order valence-electron chi connectivity index (χ4n) is 1.73. The molecule has 0 spiro atoms. The maximum Gasteiger partial charge on any atom is 0.366 e. The van der Waals surface area contributed by atoms with Gasteiger partial charge in [0.2, 0.25) is 0 Å². The predicted molar refractivity (Wildman–Crippen MR) is 71.5 cm³/mol. The van der Waals surface area contributed by atoms with E-state index in [1.54, 1.807) is 12.1 Å². The first-order valence-corrected chi connectivity index (χ1v) is 5.69. The van der Waals surface area contributed by atoms with Crippen molar-refractivity contribution >= 4 is 45.7 Å². The molecule has 0 bridgehead atoms. The summed E-state index contributed by atoms with van der Waals surface area (Å²) in [6.07, 6.45) is 0. The standard InChI is InChI=1S/C12H6O3S2/c16-11-13-8-5-1-3-7-4-2-6-9(10(7)8)14-12(17)15-11/h1-6H. The summed E-state index contributed by atoms with van der Waals surface area (Å²) in [6.45, 7) is 0. The molecule has 0 N–H and O–H groups in total. The molecule has 0 atom stereocenters. The molecular weight excluding hydrogens is 256 g/mol. The van der Waals surface area contributed by atoms with Crippen molar-refractivity contribution in [3.05, 3.63) is 36.4 Å². The smallest absolute Gasteiger partial charge is 0.366 e. The summed E-state index contributed by atoms with van der Waals surface area (Å²) in [7, 11) is 0. The van der Waals surface area contributed by atoms with E-state index < -0.39 is 0 Å².